The van der Waals surface area contributed by atoms with E-state index in [9.17, 15) is 26.4 Å². The molecule has 0 bridgehead atoms. The number of carbonyl (C=O) groups is 1. The van der Waals surface area contributed by atoms with Crippen molar-refractivity contribution in [2.24, 2.45) is 0 Å². The summed E-state index contributed by atoms with van der Waals surface area (Å²) in [4.78, 5) is 21.6. The summed E-state index contributed by atoms with van der Waals surface area (Å²) in [6.45, 7) is 2.00. The third-order valence-electron chi connectivity index (χ3n) is 6.04. The van der Waals surface area contributed by atoms with Crippen LogP contribution in [0.5, 0.6) is 0 Å². The molecule has 0 radical (unpaired) electrons. The number of sulfone groups is 1. The Morgan fingerprint density at radius 2 is 1.69 bits per heavy atom. The van der Waals surface area contributed by atoms with Crippen LogP contribution in [0.4, 0.5) is 18.9 Å². The molecular weight excluding hydrogens is 527 g/mol. The molecule has 0 saturated carbocycles. The molecule has 1 N–H and O–H groups in total. The highest BCUT2D eigenvalue weighted by Gasteiger charge is 2.30. The van der Waals surface area contributed by atoms with Crippen molar-refractivity contribution in [1.82, 2.24) is 9.97 Å². The maximum Gasteiger partial charge on any atom is 0.416 e. The van der Waals surface area contributed by atoms with Crippen LogP contribution in [0.15, 0.2) is 85.2 Å². The highest BCUT2D eigenvalue weighted by molar-refractivity contribution is 7.89. The highest BCUT2D eigenvalue weighted by atomic mass is 32.2. The van der Waals surface area contributed by atoms with Gasteiger partial charge >= 0.3 is 6.18 Å². The average Bonchev–Trinajstić information content (AvgIpc) is 2.88. The van der Waals surface area contributed by atoms with Gasteiger partial charge in [-0.15, -0.1) is 0 Å². The van der Waals surface area contributed by atoms with Gasteiger partial charge in [0.1, 0.15) is 0 Å². The summed E-state index contributed by atoms with van der Waals surface area (Å²) in [5.41, 5.74) is 3.33. The smallest absolute Gasteiger partial charge is 0.322 e. The number of nitrogens with zero attached hydrogens (tertiary/aromatic N) is 2. The lowest BCUT2D eigenvalue weighted by atomic mass is 9.95. The molecule has 0 fully saturated rings. The molecule has 6 nitrogen and oxygen atoms in total. The van der Waals surface area contributed by atoms with Gasteiger partial charge in [-0.1, -0.05) is 49.4 Å². The molecule has 0 aliphatic rings. The molecule has 0 aliphatic heterocycles. The lowest BCUT2D eigenvalue weighted by Gasteiger charge is -2.14. The molecule has 4 rings (SSSR count). The Morgan fingerprint density at radius 3 is 2.38 bits per heavy atom. The lowest BCUT2D eigenvalue weighted by Crippen LogP contribution is -2.14. The highest BCUT2D eigenvalue weighted by Crippen LogP contribution is 2.30. The number of benzene rings is 3. The summed E-state index contributed by atoms with van der Waals surface area (Å²) in [6.07, 6.45) is 0.531. The standard InChI is InChI=1S/C29H26F3N3O3S/c1-19(13-26-16-33-17-27(34-26)21-11-9-20(10-12-21)18-39(2,37)38)22-5-4-8-25(15-22)35-28(36)23-6-3-7-24(14-23)29(30,31)32/h3-12,14-17,19H,13,18H2,1-2H3,(H,35,36)/t19-/m1/s1. The minimum absolute atomic E-state index is 0.00269. The van der Waals surface area contributed by atoms with Gasteiger partial charge in [0.25, 0.3) is 5.91 Å². The first-order valence-corrected chi connectivity index (χ1v) is 14.1. The number of hydrogen-bond donors (Lipinski definition) is 1. The second-order valence-electron chi connectivity index (χ2n) is 9.43. The number of anilines is 1. The second-order valence-corrected chi connectivity index (χ2v) is 11.6. The minimum Gasteiger partial charge on any atom is -0.322 e. The summed E-state index contributed by atoms with van der Waals surface area (Å²) in [5.74, 6) is -0.667. The van der Waals surface area contributed by atoms with Crippen molar-refractivity contribution in [3.63, 3.8) is 0 Å². The molecule has 0 unspecified atom stereocenters. The molecule has 1 amide bonds. The molecule has 0 aliphatic carbocycles. The van der Waals surface area contributed by atoms with Crippen LogP contribution >= 0.6 is 0 Å². The van der Waals surface area contributed by atoms with E-state index in [1.807, 2.05) is 25.1 Å². The van der Waals surface area contributed by atoms with E-state index in [0.29, 0.717) is 23.4 Å². The van der Waals surface area contributed by atoms with Crippen LogP contribution in [-0.4, -0.2) is 30.5 Å². The van der Waals surface area contributed by atoms with E-state index in [4.69, 9.17) is 4.98 Å². The number of aromatic nitrogens is 2. The quantitative estimate of drug-likeness (QED) is 0.276. The first-order valence-electron chi connectivity index (χ1n) is 12.0. The Balaban J connectivity index is 1.45. The van der Waals surface area contributed by atoms with Gasteiger partial charge in [0.15, 0.2) is 9.84 Å². The van der Waals surface area contributed by atoms with E-state index in [1.165, 1.54) is 18.4 Å². The normalized spacial score (nSPS) is 12.6. The number of nitrogens with one attached hydrogen (secondary N) is 1. The molecule has 3 aromatic carbocycles. The van der Waals surface area contributed by atoms with Crippen molar-refractivity contribution in [2.75, 3.05) is 11.6 Å². The van der Waals surface area contributed by atoms with E-state index >= 15 is 0 Å². The number of carbonyl (C=O) groups excluding carboxylic acids is 1. The van der Waals surface area contributed by atoms with Crippen molar-refractivity contribution in [3.8, 4) is 11.3 Å². The minimum atomic E-state index is -4.53. The fourth-order valence-corrected chi connectivity index (χ4v) is 4.91. The lowest BCUT2D eigenvalue weighted by molar-refractivity contribution is -0.137. The van der Waals surface area contributed by atoms with Gasteiger partial charge in [-0.05, 0) is 53.8 Å². The Morgan fingerprint density at radius 1 is 0.974 bits per heavy atom. The zero-order valence-electron chi connectivity index (χ0n) is 21.2. The first kappa shape index (κ1) is 28.0. The summed E-state index contributed by atoms with van der Waals surface area (Å²) in [6, 6.07) is 18.6. The number of halogens is 3. The van der Waals surface area contributed by atoms with Crippen molar-refractivity contribution >= 4 is 21.4 Å². The topological polar surface area (TPSA) is 89.0 Å². The molecule has 0 spiro atoms. The van der Waals surface area contributed by atoms with E-state index in [2.05, 4.69) is 10.3 Å². The van der Waals surface area contributed by atoms with Crippen molar-refractivity contribution in [1.29, 1.82) is 0 Å². The van der Waals surface area contributed by atoms with Gasteiger partial charge in [-0.3, -0.25) is 9.78 Å². The van der Waals surface area contributed by atoms with Crippen LogP contribution < -0.4 is 5.32 Å². The fourth-order valence-electron chi connectivity index (χ4n) is 4.11. The monoisotopic (exact) mass is 553 g/mol. The Hall–Kier alpha value is -4.05. The third kappa shape index (κ3) is 7.73. The van der Waals surface area contributed by atoms with E-state index in [1.54, 1.807) is 42.7 Å². The largest absolute Gasteiger partial charge is 0.416 e. The first-order chi connectivity index (χ1) is 18.4. The molecule has 0 saturated heterocycles. The maximum absolute atomic E-state index is 13.0. The number of amides is 1. The third-order valence-corrected chi connectivity index (χ3v) is 6.90. The van der Waals surface area contributed by atoms with Gasteiger partial charge in [0, 0.05) is 29.3 Å². The number of rotatable bonds is 8. The molecule has 1 aromatic heterocycles. The van der Waals surface area contributed by atoms with Crippen molar-refractivity contribution < 1.29 is 26.4 Å². The van der Waals surface area contributed by atoms with Crippen LogP contribution in [0.2, 0.25) is 0 Å². The predicted molar refractivity (Wildman–Crippen MR) is 144 cm³/mol. The Bertz CT molecular complexity index is 1590. The van der Waals surface area contributed by atoms with Gasteiger partial charge in [-0.25, -0.2) is 13.4 Å². The van der Waals surface area contributed by atoms with Crippen LogP contribution in [0.3, 0.4) is 0 Å². The maximum atomic E-state index is 13.0. The van der Waals surface area contributed by atoms with Crippen LogP contribution in [0.25, 0.3) is 11.3 Å². The molecular formula is C29H26F3N3O3S. The van der Waals surface area contributed by atoms with Gasteiger partial charge < -0.3 is 5.32 Å². The zero-order valence-corrected chi connectivity index (χ0v) is 22.1. The summed E-state index contributed by atoms with van der Waals surface area (Å²) in [7, 11) is -3.12. The van der Waals surface area contributed by atoms with E-state index in [0.717, 1.165) is 29.0 Å². The molecule has 1 atom stereocenters. The molecule has 4 aromatic rings. The van der Waals surface area contributed by atoms with Gasteiger partial charge in [0.05, 0.1) is 28.9 Å². The van der Waals surface area contributed by atoms with Gasteiger partial charge in [0.2, 0.25) is 0 Å². The van der Waals surface area contributed by atoms with E-state index < -0.39 is 27.5 Å². The summed E-state index contributed by atoms with van der Waals surface area (Å²) in [5, 5.41) is 2.67. The summed E-state index contributed by atoms with van der Waals surface area (Å²) < 4.78 is 62.1. The summed E-state index contributed by atoms with van der Waals surface area (Å²) >= 11 is 0. The Labute approximate surface area is 224 Å². The van der Waals surface area contributed by atoms with E-state index in [-0.39, 0.29) is 17.2 Å². The van der Waals surface area contributed by atoms with Crippen LogP contribution in [0.1, 0.15) is 45.6 Å². The number of alkyl halides is 3. The van der Waals surface area contributed by atoms with Crippen LogP contribution in [-0.2, 0) is 28.2 Å². The van der Waals surface area contributed by atoms with Gasteiger partial charge in [-0.2, -0.15) is 13.2 Å². The van der Waals surface area contributed by atoms with Crippen molar-refractivity contribution in [3.05, 3.63) is 113 Å². The second kappa shape index (κ2) is 11.4. The predicted octanol–water partition coefficient (Wildman–Crippen LogP) is 6.31. The van der Waals surface area contributed by atoms with Crippen LogP contribution in [0, 0.1) is 0 Å². The molecule has 1 heterocycles. The number of hydrogen-bond acceptors (Lipinski definition) is 5. The Kier molecular flexibility index (Phi) is 8.15. The molecule has 202 valence electrons. The fraction of sp³-hybridized carbons (Fsp3) is 0.207. The molecule has 39 heavy (non-hydrogen) atoms. The molecule has 10 heteroatoms. The average molecular weight is 554 g/mol. The van der Waals surface area contributed by atoms with Crippen molar-refractivity contribution in [2.45, 2.75) is 31.2 Å². The SMILES string of the molecule is C[C@H](Cc1cncc(-c2ccc(CS(C)(=O)=O)cc2)n1)c1cccc(NC(=O)c2cccc(C(F)(F)F)c2)c1. The zero-order chi connectivity index (χ0) is 28.2.